The van der Waals surface area contributed by atoms with Gasteiger partial charge in [0.05, 0.1) is 34.5 Å². The molecule has 2 N–H and O–H groups in total. The van der Waals surface area contributed by atoms with Crippen molar-refractivity contribution in [3.63, 3.8) is 0 Å². The second-order valence-electron chi connectivity index (χ2n) is 8.88. The Balaban J connectivity index is 1.34. The summed E-state index contributed by atoms with van der Waals surface area (Å²) in [5.74, 6) is 0.463. The summed E-state index contributed by atoms with van der Waals surface area (Å²) < 4.78 is 6.36. The molecule has 2 heterocycles. The standard InChI is InChI=1S/C29H22N6O4S2/c1-39-25-8-4-2-6-21(25)33-32-20-12-11-18(36)15-23(20)35-27(38)16-40-28(35)19-14-17(10-13-24(19)37)31-34-29-30-22-7-3-5-9-26(22)41-29/h2-15,28,36-37H,16H2,1H3. The number of rotatable bonds is 7. The van der Waals surface area contributed by atoms with E-state index in [-0.39, 0.29) is 23.2 Å². The van der Waals surface area contributed by atoms with E-state index in [1.807, 2.05) is 36.4 Å². The van der Waals surface area contributed by atoms with Crippen LogP contribution in [0.4, 0.5) is 27.9 Å². The number of phenols is 2. The summed E-state index contributed by atoms with van der Waals surface area (Å²) >= 11 is 2.77. The monoisotopic (exact) mass is 582 g/mol. The minimum absolute atomic E-state index is 0.00140. The normalized spacial score (nSPS) is 15.5. The van der Waals surface area contributed by atoms with Gasteiger partial charge < -0.3 is 14.9 Å². The van der Waals surface area contributed by atoms with Crippen molar-refractivity contribution in [1.82, 2.24) is 4.98 Å². The number of carbonyl (C=O) groups is 1. The number of nitrogens with zero attached hydrogens (tertiary/aromatic N) is 6. The molecule has 5 aromatic rings. The lowest BCUT2D eigenvalue weighted by molar-refractivity contribution is -0.115. The van der Waals surface area contributed by atoms with Gasteiger partial charge in [0, 0.05) is 11.6 Å². The van der Waals surface area contributed by atoms with Crippen LogP contribution in [0, 0.1) is 0 Å². The lowest BCUT2D eigenvalue weighted by Crippen LogP contribution is -2.27. The summed E-state index contributed by atoms with van der Waals surface area (Å²) in [7, 11) is 1.55. The number of aromatic hydroxyl groups is 2. The van der Waals surface area contributed by atoms with E-state index in [2.05, 4.69) is 25.4 Å². The number of azo groups is 2. The van der Waals surface area contributed by atoms with Gasteiger partial charge in [-0.2, -0.15) is 0 Å². The molecule has 6 rings (SSSR count). The molecule has 1 fully saturated rings. The largest absolute Gasteiger partial charge is 0.508 e. The summed E-state index contributed by atoms with van der Waals surface area (Å²) in [6.45, 7) is 0. The molecule has 0 spiro atoms. The molecular formula is C29H22N6O4S2. The summed E-state index contributed by atoms with van der Waals surface area (Å²) in [6, 6.07) is 24.3. The molecule has 0 aliphatic carbocycles. The second kappa shape index (κ2) is 11.4. The Morgan fingerprint density at radius 1 is 0.902 bits per heavy atom. The van der Waals surface area contributed by atoms with Gasteiger partial charge in [-0.25, -0.2) is 4.98 Å². The zero-order chi connectivity index (χ0) is 28.3. The van der Waals surface area contributed by atoms with Crippen molar-refractivity contribution >= 4 is 67.1 Å². The third kappa shape index (κ3) is 5.47. The molecule has 1 unspecified atom stereocenters. The molecule has 12 heteroatoms. The fourth-order valence-electron chi connectivity index (χ4n) is 4.33. The topological polar surface area (TPSA) is 132 Å². The lowest BCUT2D eigenvalue weighted by atomic mass is 10.1. The molecule has 204 valence electrons. The molecule has 1 saturated heterocycles. The maximum absolute atomic E-state index is 13.2. The molecule has 4 aromatic carbocycles. The van der Waals surface area contributed by atoms with E-state index >= 15 is 0 Å². The van der Waals surface area contributed by atoms with E-state index in [1.54, 1.807) is 37.4 Å². The highest BCUT2D eigenvalue weighted by atomic mass is 32.2. The van der Waals surface area contributed by atoms with Gasteiger partial charge in [0.1, 0.15) is 34.0 Å². The van der Waals surface area contributed by atoms with Gasteiger partial charge in [-0.05, 0) is 54.6 Å². The number of thioether (sulfide) groups is 1. The van der Waals surface area contributed by atoms with Crippen LogP contribution in [0.15, 0.2) is 105 Å². The van der Waals surface area contributed by atoms with Crippen LogP contribution in [-0.4, -0.2) is 34.0 Å². The highest BCUT2D eigenvalue weighted by Crippen LogP contribution is 2.49. The first-order chi connectivity index (χ1) is 20.0. The fourth-order valence-corrected chi connectivity index (χ4v) is 6.30. The number of amides is 1. The van der Waals surface area contributed by atoms with Crippen molar-refractivity contribution in [2.45, 2.75) is 5.37 Å². The average molecular weight is 583 g/mol. The second-order valence-corrected chi connectivity index (χ2v) is 11.0. The van der Waals surface area contributed by atoms with E-state index in [4.69, 9.17) is 4.74 Å². The molecule has 10 nitrogen and oxygen atoms in total. The van der Waals surface area contributed by atoms with Crippen LogP contribution in [0.5, 0.6) is 17.2 Å². The van der Waals surface area contributed by atoms with Crippen LogP contribution in [0.3, 0.4) is 0 Å². The fraction of sp³-hybridized carbons (Fsp3) is 0.103. The van der Waals surface area contributed by atoms with Gasteiger partial charge in [-0.15, -0.1) is 32.2 Å². The number of carbonyl (C=O) groups excluding carboxylic acids is 1. The quantitative estimate of drug-likeness (QED) is 0.185. The van der Waals surface area contributed by atoms with Gasteiger partial charge in [0.2, 0.25) is 11.0 Å². The van der Waals surface area contributed by atoms with Crippen LogP contribution in [-0.2, 0) is 4.79 Å². The van der Waals surface area contributed by atoms with E-state index in [0.29, 0.717) is 39.2 Å². The van der Waals surface area contributed by atoms with Crippen molar-refractivity contribution in [3.8, 4) is 17.2 Å². The number of thiazole rings is 1. The summed E-state index contributed by atoms with van der Waals surface area (Å²) in [5, 5.41) is 38.4. The number of aromatic nitrogens is 1. The first-order valence-electron chi connectivity index (χ1n) is 12.4. The average Bonchev–Trinajstić information content (AvgIpc) is 3.59. The highest BCUT2D eigenvalue weighted by molar-refractivity contribution is 8.00. The number of benzene rings is 4. The van der Waals surface area contributed by atoms with E-state index in [0.717, 1.165) is 10.2 Å². The van der Waals surface area contributed by atoms with Crippen molar-refractivity contribution in [2.24, 2.45) is 20.5 Å². The molecule has 1 aliphatic heterocycles. The van der Waals surface area contributed by atoms with Crippen molar-refractivity contribution in [2.75, 3.05) is 17.8 Å². The highest BCUT2D eigenvalue weighted by Gasteiger charge is 2.37. The summed E-state index contributed by atoms with van der Waals surface area (Å²) in [4.78, 5) is 19.2. The third-order valence-corrected chi connectivity index (χ3v) is 8.36. The minimum atomic E-state index is -0.609. The Morgan fingerprint density at radius 2 is 1.71 bits per heavy atom. The van der Waals surface area contributed by atoms with E-state index in [9.17, 15) is 15.0 Å². The summed E-state index contributed by atoms with van der Waals surface area (Å²) in [6.07, 6.45) is 0. The van der Waals surface area contributed by atoms with Crippen molar-refractivity contribution in [3.05, 3.63) is 90.5 Å². The van der Waals surface area contributed by atoms with Crippen molar-refractivity contribution < 1.29 is 19.7 Å². The molecule has 1 aliphatic rings. The number of anilines is 1. The van der Waals surface area contributed by atoms with E-state index < -0.39 is 5.37 Å². The number of methoxy groups -OCH3 is 1. The van der Waals surface area contributed by atoms with Gasteiger partial charge in [-0.3, -0.25) is 9.69 Å². The SMILES string of the molecule is COc1ccccc1N=Nc1ccc(O)cc1N1C(=O)CSC1c1cc(N=Nc2nc3ccccc3s2)ccc1O. The molecule has 1 aromatic heterocycles. The zero-order valence-electron chi connectivity index (χ0n) is 21.6. The van der Waals surface area contributed by atoms with Crippen molar-refractivity contribution in [1.29, 1.82) is 0 Å². The minimum Gasteiger partial charge on any atom is -0.508 e. The van der Waals surface area contributed by atoms with Gasteiger partial charge in [-0.1, -0.05) is 35.6 Å². The van der Waals surface area contributed by atoms with E-state index in [1.165, 1.54) is 46.2 Å². The number of phenolic OH excluding ortho intramolecular Hbond substituents is 2. The molecule has 41 heavy (non-hydrogen) atoms. The molecule has 0 radical (unpaired) electrons. The first kappa shape index (κ1) is 26.4. The van der Waals surface area contributed by atoms with Crippen LogP contribution >= 0.6 is 23.1 Å². The van der Waals surface area contributed by atoms with Crippen LogP contribution in [0.1, 0.15) is 10.9 Å². The number of hydrogen-bond acceptors (Lipinski definition) is 11. The molecule has 0 saturated carbocycles. The maximum Gasteiger partial charge on any atom is 0.238 e. The zero-order valence-corrected chi connectivity index (χ0v) is 23.2. The Bertz CT molecular complexity index is 1790. The van der Waals surface area contributed by atoms with Crippen LogP contribution in [0.25, 0.3) is 10.2 Å². The number of para-hydroxylation sites is 2. The van der Waals surface area contributed by atoms with Crippen LogP contribution in [0.2, 0.25) is 0 Å². The summed E-state index contributed by atoms with van der Waals surface area (Å²) in [5.41, 5.74) is 3.03. The number of ether oxygens (including phenoxy) is 1. The number of hydrogen-bond donors (Lipinski definition) is 2. The Labute approximate surface area is 242 Å². The Morgan fingerprint density at radius 3 is 2.56 bits per heavy atom. The predicted molar refractivity (Wildman–Crippen MR) is 160 cm³/mol. The first-order valence-corrected chi connectivity index (χ1v) is 14.3. The molecular weight excluding hydrogens is 560 g/mol. The predicted octanol–water partition coefficient (Wildman–Crippen LogP) is 8.33. The molecule has 1 amide bonds. The molecule has 0 bridgehead atoms. The molecule has 1 atom stereocenters. The smallest absolute Gasteiger partial charge is 0.238 e. The number of fused-ring (bicyclic) bond motifs is 1. The Kier molecular flexibility index (Phi) is 7.32. The lowest BCUT2D eigenvalue weighted by Gasteiger charge is -2.26. The van der Waals surface area contributed by atoms with Crippen LogP contribution < -0.4 is 9.64 Å². The maximum atomic E-state index is 13.2. The van der Waals surface area contributed by atoms with Gasteiger partial charge in [0.25, 0.3) is 0 Å². The van der Waals surface area contributed by atoms with Gasteiger partial charge in [0.15, 0.2) is 0 Å². The van der Waals surface area contributed by atoms with Gasteiger partial charge >= 0.3 is 0 Å². The third-order valence-electron chi connectivity index (χ3n) is 6.25. The Hall–Kier alpha value is -4.81.